The lowest BCUT2D eigenvalue weighted by Gasteiger charge is -2.22. The molecule has 1 aliphatic carbocycles. The van der Waals surface area contributed by atoms with Crippen molar-refractivity contribution in [3.8, 4) is 5.75 Å². The number of carboxylic acid groups (broad SMARTS) is 1. The van der Waals surface area contributed by atoms with E-state index in [1.807, 2.05) is 19.1 Å². The highest BCUT2D eigenvalue weighted by Gasteiger charge is 2.69. The first-order chi connectivity index (χ1) is 8.08. The molecule has 4 heteroatoms. The summed E-state index contributed by atoms with van der Waals surface area (Å²) in [5, 5.41) is 9.11. The van der Waals surface area contributed by atoms with Crippen molar-refractivity contribution in [1.29, 1.82) is 0 Å². The number of hydrogen-bond donors (Lipinski definition) is 1. The van der Waals surface area contributed by atoms with Crippen LogP contribution in [-0.4, -0.2) is 22.5 Å². The minimum atomic E-state index is -1.28. The van der Waals surface area contributed by atoms with Crippen LogP contribution >= 0.6 is 0 Å². The third-order valence-electron chi connectivity index (χ3n) is 3.60. The molecule has 0 aromatic heterocycles. The maximum absolute atomic E-state index is 12.1. The fourth-order valence-corrected chi connectivity index (χ4v) is 2.40. The van der Waals surface area contributed by atoms with E-state index in [1.54, 1.807) is 6.07 Å². The second-order valence-electron chi connectivity index (χ2n) is 4.60. The van der Waals surface area contributed by atoms with Crippen LogP contribution in [0.1, 0.15) is 29.3 Å². The minimum absolute atomic E-state index is 0.0936. The predicted molar refractivity (Wildman–Crippen MR) is 59.3 cm³/mol. The van der Waals surface area contributed by atoms with Crippen LogP contribution in [0.5, 0.6) is 5.75 Å². The molecule has 1 fully saturated rings. The molecule has 0 amide bonds. The number of Topliss-reactive ketones (excluding diaryl/α,β-unsaturated/α-hetero) is 1. The number of ether oxygens (including phenoxy) is 1. The largest absolute Gasteiger partial charge is 0.478 e. The fourth-order valence-electron chi connectivity index (χ4n) is 2.40. The van der Waals surface area contributed by atoms with Gasteiger partial charge in [0, 0.05) is 6.42 Å². The molecule has 1 N–H and O–H groups in total. The first-order valence-electron chi connectivity index (χ1n) is 5.68. The Hall–Kier alpha value is -1.84. The van der Waals surface area contributed by atoms with Gasteiger partial charge >= 0.3 is 5.97 Å². The maximum atomic E-state index is 12.1. The lowest BCUT2D eigenvalue weighted by molar-refractivity contribution is -0.148. The Kier molecular flexibility index (Phi) is 1.88. The summed E-state index contributed by atoms with van der Waals surface area (Å²) in [4.78, 5) is 23.2. The van der Waals surface area contributed by atoms with Crippen LogP contribution in [0.3, 0.4) is 0 Å². The number of benzene rings is 1. The molecule has 1 saturated carbocycles. The van der Waals surface area contributed by atoms with Gasteiger partial charge in [-0.25, -0.2) is 4.79 Å². The molecule has 88 valence electrons. The lowest BCUT2D eigenvalue weighted by Crippen LogP contribution is -2.37. The molecule has 0 bridgehead atoms. The summed E-state index contributed by atoms with van der Waals surface area (Å²) in [5.74, 6) is -1.23. The summed E-state index contributed by atoms with van der Waals surface area (Å²) >= 11 is 0. The Morgan fingerprint density at radius 2 is 2.35 bits per heavy atom. The van der Waals surface area contributed by atoms with Gasteiger partial charge in [-0.05, 0) is 24.1 Å². The van der Waals surface area contributed by atoms with Gasteiger partial charge in [0.2, 0.25) is 5.60 Å². The zero-order valence-electron chi connectivity index (χ0n) is 9.40. The molecule has 0 unspecified atom stereocenters. The molecule has 2 atom stereocenters. The molecule has 0 spiro atoms. The average Bonchev–Trinajstić information content (AvgIpc) is 3.05. The van der Waals surface area contributed by atoms with Crippen molar-refractivity contribution in [3.05, 3.63) is 29.3 Å². The van der Waals surface area contributed by atoms with E-state index in [1.165, 1.54) is 0 Å². The van der Waals surface area contributed by atoms with Gasteiger partial charge in [-0.2, -0.15) is 0 Å². The zero-order valence-corrected chi connectivity index (χ0v) is 9.40. The van der Waals surface area contributed by atoms with Gasteiger partial charge in [-0.1, -0.05) is 13.0 Å². The third-order valence-corrected chi connectivity index (χ3v) is 3.60. The summed E-state index contributed by atoms with van der Waals surface area (Å²) in [5.41, 5.74) is 0.311. The van der Waals surface area contributed by atoms with E-state index in [9.17, 15) is 9.59 Å². The van der Waals surface area contributed by atoms with Gasteiger partial charge in [0.25, 0.3) is 0 Å². The quantitative estimate of drug-likeness (QED) is 0.842. The van der Waals surface area contributed by atoms with Crippen molar-refractivity contribution in [2.45, 2.75) is 25.4 Å². The SMILES string of the molecule is CCc1ccc2c(c1)C(=O)[C@@H]1C[C@]1(C(=O)O)O2. The van der Waals surface area contributed by atoms with Crippen molar-refractivity contribution >= 4 is 11.8 Å². The normalized spacial score (nSPS) is 29.0. The van der Waals surface area contributed by atoms with Crippen molar-refractivity contribution in [2.24, 2.45) is 5.92 Å². The van der Waals surface area contributed by atoms with Gasteiger partial charge in [-0.15, -0.1) is 0 Å². The van der Waals surface area contributed by atoms with E-state index in [-0.39, 0.29) is 12.2 Å². The number of hydrogen-bond acceptors (Lipinski definition) is 3. The number of rotatable bonds is 2. The molecule has 4 nitrogen and oxygen atoms in total. The van der Waals surface area contributed by atoms with Gasteiger partial charge in [0.1, 0.15) is 5.75 Å². The molecule has 17 heavy (non-hydrogen) atoms. The van der Waals surface area contributed by atoms with Crippen LogP contribution in [0.4, 0.5) is 0 Å². The summed E-state index contributed by atoms with van der Waals surface area (Å²) in [7, 11) is 0. The molecule has 1 aromatic carbocycles. The summed E-state index contributed by atoms with van der Waals surface area (Å²) in [6.07, 6.45) is 1.13. The smallest absolute Gasteiger partial charge is 0.348 e. The number of aryl methyl sites for hydroxylation is 1. The first-order valence-corrected chi connectivity index (χ1v) is 5.68. The highest BCUT2D eigenvalue weighted by Crippen LogP contribution is 2.53. The third kappa shape index (κ3) is 1.24. The molecule has 1 aromatic rings. The number of ketones is 1. The Balaban J connectivity index is 2.07. The van der Waals surface area contributed by atoms with Crippen molar-refractivity contribution in [2.75, 3.05) is 0 Å². The first kappa shape index (κ1) is 10.3. The number of carbonyl (C=O) groups is 2. The van der Waals surface area contributed by atoms with E-state index >= 15 is 0 Å². The molecule has 1 aliphatic heterocycles. The van der Waals surface area contributed by atoms with Crippen LogP contribution < -0.4 is 4.74 Å². The van der Waals surface area contributed by atoms with Crippen molar-refractivity contribution in [3.63, 3.8) is 0 Å². The van der Waals surface area contributed by atoms with Crippen LogP contribution in [0.15, 0.2) is 18.2 Å². The summed E-state index contributed by atoms with van der Waals surface area (Å²) in [6.45, 7) is 2.01. The molecule has 0 saturated heterocycles. The van der Waals surface area contributed by atoms with E-state index in [4.69, 9.17) is 9.84 Å². The predicted octanol–water partition coefficient (Wildman–Crippen LogP) is 1.67. The topological polar surface area (TPSA) is 63.6 Å². The summed E-state index contributed by atoms with van der Waals surface area (Å²) < 4.78 is 5.50. The molecule has 1 heterocycles. The van der Waals surface area contributed by atoms with Gasteiger partial charge in [-0.3, -0.25) is 4.79 Å². The molecule has 0 radical (unpaired) electrons. The minimum Gasteiger partial charge on any atom is -0.478 e. The number of carbonyl (C=O) groups excluding carboxylic acids is 1. The van der Waals surface area contributed by atoms with Gasteiger partial charge < -0.3 is 9.84 Å². The number of fused-ring (bicyclic) bond motifs is 2. The van der Waals surface area contributed by atoms with E-state index in [2.05, 4.69) is 0 Å². The van der Waals surface area contributed by atoms with Gasteiger partial charge in [0.05, 0.1) is 11.5 Å². The summed E-state index contributed by atoms with van der Waals surface area (Å²) in [6, 6.07) is 5.37. The number of aliphatic carboxylic acids is 1. The Morgan fingerprint density at radius 1 is 1.59 bits per heavy atom. The van der Waals surface area contributed by atoms with Crippen LogP contribution in [-0.2, 0) is 11.2 Å². The van der Waals surface area contributed by atoms with Gasteiger partial charge in [0.15, 0.2) is 5.78 Å². The average molecular weight is 232 g/mol. The molecular weight excluding hydrogens is 220 g/mol. The number of carboxylic acids is 1. The standard InChI is InChI=1S/C13H12O4/c1-2-7-3-4-10-8(5-7)11(14)9-6-13(9,17-10)12(15)16/h3-5,9H,2,6H2,1H3,(H,15,16)/t9-,13-/m0/s1. The second-order valence-corrected chi connectivity index (χ2v) is 4.60. The Bertz CT molecular complexity index is 534. The fraction of sp³-hybridized carbons (Fsp3) is 0.385. The van der Waals surface area contributed by atoms with Crippen LogP contribution in [0, 0.1) is 5.92 Å². The highest BCUT2D eigenvalue weighted by molar-refractivity contribution is 6.09. The second kappa shape index (κ2) is 3.09. The van der Waals surface area contributed by atoms with E-state index in [0.717, 1.165) is 12.0 Å². The molecular formula is C13H12O4. The van der Waals surface area contributed by atoms with Crippen molar-refractivity contribution in [1.82, 2.24) is 0 Å². The zero-order chi connectivity index (χ0) is 12.2. The van der Waals surface area contributed by atoms with E-state index in [0.29, 0.717) is 11.3 Å². The molecule has 3 rings (SSSR count). The Labute approximate surface area is 98.2 Å². The van der Waals surface area contributed by atoms with Crippen molar-refractivity contribution < 1.29 is 19.4 Å². The monoisotopic (exact) mass is 232 g/mol. The van der Waals surface area contributed by atoms with E-state index < -0.39 is 17.5 Å². The van der Waals surface area contributed by atoms with Crippen LogP contribution in [0.25, 0.3) is 0 Å². The lowest BCUT2D eigenvalue weighted by atomic mass is 9.98. The van der Waals surface area contributed by atoms with Crippen LogP contribution in [0.2, 0.25) is 0 Å². The molecule has 2 aliphatic rings. The highest BCUT2D eigenvalue weighted by atomic mass is 16.5. The Morgan fingerprint density at radius 3 is 3.00 bits per heavy atom. The maximum Gasteiger partial charge on any atom is 0.348 e.